The maximum atomic E-state index is 12.3. The van der Waals surface area contributed by atoms with E-state index < -0.39 is 6.61 Å². The van der Waals surface area contributed by atoms with Gasteiger partial charge in [0.05, 0.1) is 6.61 Å². The Balaban J connectivity index is 2.03. The van der Waals surface area contributed by atoms with E-state index in [2.05, 4.69) is 10.1 Å². The van der Waals surface area contributed by atoms with Crippen molar-refractivity contribution in [2.24, 2.45) is 5.92 Å². The van der Waals surface area contributed by atoms with Gasteiger partial charge in [-0.3, -0.25) is 4.79 Å². The standard InChI is InChI=1S/C15H19F2NO3/c1-9-5-12(6-10(2)13(9)21-15(16)17)14(19)18-7-11-3-4-20-8-11/h5-6,11,15H,3-4,7-8H2,1-2H3,(H,18,19)/t11-/m0/s1. The van der Waals surface area contributed by atoms with Crippen molar-refractivity contribution in [2.45, 2.75) is 26.9 Å². The molecule has 1 aliphatic heterocycles. The number of carbonyl (C=O) groups is 1. The summed E-state index contributed by atoms with van der Waals surface area (Å²) in [5, 5.41) is 2.85. The molecule has 2 rings (SSSR count). The average Bonchev–Trinajstić information content (AvgIpc) is 2.93. The Morgan fingerprint density at radius 1 is 1.43 bits per heavy atom. The van der Waals surface area contributed by atoms with Crippen LogP contribution in [-0.4, -0.2) is 32.3 Å². The van der Waals surface area contributed by atoms with E-state index in [-0.39, 0.29) is 11.7 Å². The van der Waals surface area contributed by atoms with Gasteiger partial charge in [0.25, 0.3) is 5.91 Å². The number of ether oxygens (including phenoxy) is 2. The van der Waals surface area contributed by atoms with Crippen LogP contribution in [-0.2, 0) is 4.74 Å². The lowest BCUT2D eigenvalue weighted by Crippen LogP contribution is -2.29. The molecule has 0 aromatic heterocycles. The maximum absolute atomic E-state index is 12.3. The molecule has 0 bridgehead atoms. The first-order valence-corrected chi connectivity index (χ1v) is 6.89. The van der Waals surface area contributed by atoms with Crippen LogP contribution < -0.4 is 10.1 Å². The van der Waals surface area contributed by atoms with Gasteiger partial charge in [0.1, 0.15) is 5.75 Å². The molecule has 0 saturated carbocycles. The highest BCUT2D eigenvalue weighted by atomic mass is 19.3. The number of amides is 1. The van der Waals surface area contributed by atoms with Crippen LogP contribution in [0.4, 0.5) is 8.78 Å². The van der Waals surface area contributed by atoms with Gasteiger partial charge >= 0.3 is 6.61 Å². The van der Waals surface area contributed by atoms with E-state index >= 15 is 0 Å². The summed E-state index contributed by atoms with van der Waals surface area (Å²) in [6.45, 7) is 2.38. The summed E-state index contributed by atoms with van der Waals surface area (Å²) in [6, 6.07) is 3.12. The minimum atomic E-state index is -2.87. The maximum Gasteiger partial charge on any atom is 0.387 e. The predicted octanol–water partition coefficient (Wildman–Crippen LogP) is 2.67. The van der Waals surface area contributed by atoms with Crippen LogP contribution in [0.15, 0.2) is 12.1 Å². The first-order chi connectivity index (χ1) is 9.97. The molecule has 1 aromatic carbocycles. The summed E-state index contributed by atoms with van der Waals surface area (Å²) >= 11 is 0. The lowest BCUT2D eigenvalue weighted by atomic mass is 10.0. The molecule has 1 aliphatic rings. The molecule has 0 unspecified atom stereocenters. The fourth-order valence-corrected chi connectivity index (χ4v) is 2.44. The molecule has 4 nitrogen and oxygen atoms in total. The van der Waals surface area contributed by atoms with E-state index in [1.165, 1.54) is 0 Å². The number of carbonyl (C=O) groups excluding carboxylic acids is 1. The molecule has 1 heterocycles. The van der Waals surface area contributed by atoms with Crippen molar-refractivity contribution in [1.82, 2.24) is 5.32 Å². The number of nitrogens with one attached hydrogen (secondary N) is 1. The van der Waals surface area contributed by atoms with Crippen molar-refractivity contribution in [3.05, 3.63) is 28.8 Å². The largest absolute Gasteiger partial charge is 0.434 e. The van der Waals surface area contributed by atoms with Gasteiger partial charge in [-0.25, -0.2) is 0 Å². The summed E-state index contributed by atoms with van der Waals surface area (Å²) < 4.78 is 34.4. The van der Waals surface area contributed by atoms with E-state index in [4.69, 9.17) is 4.74 Å². The van der Waals surface area contributed by atoms with Crippen LogP contribution in [0.25, 0.3) is 0 Å². The van der Waals surface area contributed by atoms with Crippen molar-refractivity contribution in [1.29, 1.82) is 0 Å². The van der Waals surface area contributed by atoms with E-state index in [1.54, 1.807) is 26.0 Å². The van der Waals surface area contributed by atoms with Crippen LogP contribution in [0.1, 0.15) is 27.9 Å². The number of hydrogen-bond donors (Lipinski definition) is 1. The number of halogens is 2. The Morgan fingerprint density at radius 3 is 2.62 bits per heavy atom. The second-order valence-electron chi connectivity index (χ2n) is 5.26. The summed E-state index contributed by atoms with van der Waals surface area (Å²) in [5.41, 5.74) is 1.49. The van der Waals surface area contributed by atoms with Gasteiger partial charge in [-0.15, -0.1) is 0 Å². The molecule has 1 N–H and O–H groups in total. The molecule has 21 heavy (non-hydrogen) atoms. The van der Waals surface area contributed by atoms with Crippen molar-refractivity contribution in [3.8, 4) is 5.75 Å². The predicted molar refractivity (Wildman–Crippen MR) is 73.8 cm³/mol. The van der Waals surface area contributed by atoms with Crippen LogP contribution in [0.2, 0.25) is 0 Å². The lowest BCUT2D eigenvalue weighted by Gasteiger charge is -2.14. The van der Waals surface area contributed by atoms with E-state index in [0.29, 0.717) is 35.8 Å². The molecule has 1 aromatic rings. The minimum absolute atomic E-state index is 0.130. The minimum Gasteiger partial charge on any atom is -0.434 e. The van der Waals surface area contributed by atoms with Gasteiger partial charge in [-0.05, 0) is 43.5 Å². The van der Waals surface area contributed by atoms with Crippen LogP contribution in [0.3, 0.4) is 0 Å². The van der Waals surface area contributed by atoms with Gasteiger partial charge in [0, 0.05) is 24.6 Å². The molecule has 1 fully saturated rings. The Labute approximate surface area is 122 Å². The van der Waals surface area contributed by atoms with E-state index in [9.17, 15) is 13.6 Å². The molecule has 1 amide bonds. The van der Waals surface area contributed by atoms with Crippen molar-refractivity contribution in [3.63, 3.8) is 0 Å². The van der Waals surface area contributed by atoms with Crippen molar-refractivity contribution >= 4 is 5.91 Å². The molecule has 0 spiro atoms. The molecule has 1 atom stereocenters. The number of hydrogen-bond acceptors (Lipinski definition) is 3. The van der Waals surface area contributed by atoms with Crippen LogP contribution >= 0.6 is 0 Å². The van der Waals surface area contributed by atoms with Crippen LogP contribution in [0.5, 0.6) is 5.75 Å². The summed E-state index contributed by atoms with van der Waals surface area (Å²) in [4.78, 5) is 12.1. The third-order valence-corrected chi connectivity index (χ3v) is 3.50. The molecule has 0 aliphatic carbocycles. The van der Waals surface area contributed by atoms with Crippen molar-refractivity contribution in [2.75, 3.05) is 19.8 Å². The molecule has 116 valence electrons. The lowest BCUT2D eigenvalue weighted by molar-refractivity contribution is -0.0507. The topological polar surface area (TPSA) is 47.6 Å². The Kier molecular flexibility index (Phi) is 5.12. The quantitative estimate of drug-likeness (QED) is 0.909. The monoisotopic (exact) mass is 299 g/mol. The third-order valence-electron chi connectivity index (χ3n) is 3.50. The zero-order valence-corrected chi connectivity index (χ0v) is 12.1. The van der Waals surface area contributed by atoms with Crippen molar-refractivity contribution < 1.29 is 23.0 Å². The highest BCUT2D eigenvalue weighted by molar-refractivity contribution is 5.94. The van der Waals surface area contributed by atoms with Gasteiger partial charge < -0.3 is 14.8 Å². The van der Waals surface area contributed by atoms with Gasteiger partial charge in [-0.2, -0.15) is 8.78 Å². The van der Waals surface area contributed by atoms with E-state index in [1.807, 2.05) is 0 Å². The van der Waals surface area contributed by atoms with Crippen LogP contribution in [0, 0.1) is 19.8 Å². The molecule has 6 heteroatoms. The summed E-state index contributed by atoms with van der Waals surface area (Å²) in [5.74, 6) is 0.264. The average molecular weight is 299 g/mol. The fraction of sp³-hybridized carbons (Fsp3) is 0.533. The number of rotatable bonds is 5. The number of alkyl halides is 2. The second-order valence-corrected chi connectivity index (χ2v) is 5.26. The second kappa shape index (κ2) is 6.85. The van der Waals surface area contributed by atoms with Gasteiger partial charge in [0.15, 0.2) is 0 Å². The molecular formula is C15H19F2NO3. The zero-order chi connectivity index (χ0) is 15.4. The number of aryl methyl sites for hydroxylation is 2. The Morgan fingerprint density at radius 2 is 2.10 bits per heavy atom. The van der Waals surface area contributed by atoms with Gasteiger partial charge in [0.2, 0.25) is 0 Å². The van der Waals surface area contributed by atoms with Gasteiger partial charge in [-0.1, -0.05) is 0 Å². The smallest absolute Gasteiger partial charge is 0.387 e. The highest BCUT2D eigenvalue weighted by Crippen LogP contribution is 2.26. The normalized spacial score (nSPS) is 18.0. The third kappa shape index (κ3) is 4.14. The molecule has 0 radical (unpaired) electrons. The SMILES string of the molecule is Cc1cc(C(=O)NC[C@@H]2CCOC2)cc(C)c1OC(F)F. The first kappa shape index (κ1) is 15.7. The highest BCUT2D eigenvalue weighted by Gasteiger charge is 2.18. The first-order valence-electron chi connectivity index (χ1n) is 6.89. The number of benzene rings is 1. The summed E-state index contributed by atoms with van der Waals surface area (Å²) in [6.07, 6.45) is 0.944. The molecular weight excluding hydrogens is 280 g/mol. The molecule has 1 saturated heterocycles. The zero-order valence-electron chi connectivity index (χ0n) is 12.1. The summed E-state index contributed by atoms with van der Waals surface area (Å²) in [7, 11) is 0. The fourth-order valence-electron chi connectivity index (χ4n) is 2.44. The Bertz CT molecular complexity index is 491. The van der Waals surface area contributed by atoms with E-state index in [0.717, 1.165) is 13.0 Å². The Hall–Kier alpha value is -1.69.